The Kier molecular flexibility index (Phi) is 4.25. The first-order valence-corrected chi connectivity index (χ1v) is 6.00. The number of ether oxygens (including phenoxy) is 1. The maximum atomic E-state index is 5.80. The van der Waals surface area contributed by atoms with Gasteiger partial charge in [0.05, 0.1) is 6.20 Å². The number of nitrogens with one attached hydrogen (secondary N) is 1. The van der Waals surface area contributed by atoms with Crippen LogP contribution in [0.1, 0.15) is 19.4 Å². The van der Waals surface area contributed by atoms with Gasteiger partial charge in [0.25, 0.3) is 0 Å². The largest absolute Gasteiger partial charge is 0.455 e. The van der Waals surface area contributed by atoms with E-state index in [2.05, 4.69) is 29.1 Å². The Morgan fingerprint density at radius 2 is 2.00 bits per heavy atom. The van der Waals surface area contributed by atoms with Gasteiger partial charge >= 0.3 is 0 Å². The van der Waals surface area contributed by atoms with Gasteiger partial charge in [-0.1, -0.05) is 13.8 Å². The predicted molar refractivity (Wildman–Crippen MR) is 70.5 cm³/mol. The van der Waals surface area contributed by atoms with E-state index >= 15 is 0 Å². The van der Waals surface area contributed by atoms with Crippen molar-refractivity contribution in [3.8, 4) is 11.5 Å². The molecule has 94 valence electrons. The van der Waals surface area contributed by atoms with Crippen molar-refractivity contribution in [1.82, 2.24) is 15.3 Å². The van der Waals surface area contributed by atoms with Crippen molar-refractivity contribution in [3.63, 3.8) is 0 Å². The molecule has 0 saturated heterocycles. The summed E-state index contributed by atoms with van der Waals surface area (Å²) in [4.78, 5) is 8.16. The lowest BCUT2D eigenvalue weighted by atomic mass is 10.2. The third-order valence-corrected chi connectivity index (χ3v) is 2.42. The molecule has 0 bridgehead atoms. The average molecular weight is 243 g/mol. The Bertz CT molecular complexity index is 485. The lowest BCUT2D eigenvalue weighted by Gasteiger charge is -2.12. The topological polar surface area (TPSA) is 47.0 Å². The van der Waals surface area contributed by atoms with Crippen LogP contribution in [0.5, 0.6) is 11.5 Å². The molecule has 18 heavy (non-hydrogen) atoms. The number of pyridine rings is 2. The SMILES string of the molecule is CC(C)NCc1cnccc1Oc1cccnc1. The van der Waals surface area contributed by atoms with Gasteiger partial charge in [0.15, 0.2) is 0 Å². The molecular weight excluding hydrogens is 226 g/mol. The second kappa shape index (κ2) is 6.12. The fraction of sp³-hybridized carbons (Fsp3) is 0.286. The van der Waals surface area contributed by atoms with Gasteiger partial charge in [-0.15, -0.1) is 0 Å². The summed E-state index contributed by atoms with van der Waals surface area (Å²) < 4.78 is 5.80. The highest BCUT2D eigenvalue weighted by Gasteiger charge is 2.05. The number of rotatable bonds is 5. The van der Waals surface area contributed by atoms with Gasteiger partial charge in [-0.05, 0) is 18.2 Å². The van der Waals surface area contributed by atoms with Gasteiger partial charge in [-0.2, -0.15) is 0 Å². The molecule has 0 spiro atoms. The molecule has 0 atom stereocenters. The van der Waals surface area contributed by atoms with Crippen molar-refractivity contribution in [2.45, 2.75) is 26.4 Å². The third-order valence-electron chi connectivity index (χ3n) is 2.42. The lowest BCUT2D eigenvalue weighted by molar-refractivity contribution is 0.466. The van der Waals surface area contributed by atoms with Gasteiger partial charge in [0.2, 0.25) is 0 Å². The Balaban J connectivity index is 2.12. The molecule has 4 nitrogen and oxygen atoms in total. The van der Waals surface area contributed by atoms with Crippen molar-refractivity contribution < 1.29 is 4.74 Å². The quantitative estimate of drug-likeness (QED) is 0.877. The molecule has 4 heteroatoms. The second-order valence-electron chi connectivity index (χ2n) is 4.31. The van der Waals surface area contributed by atoms with Crippen LogP contribution in [0.25, 0.3) is 0 Å². The van der Waals surface area contributed by atoms with Gasteiger partial charge in [-0.25, -0.2) is 0 Å². The van der Waals surface area contributed by atoms with E-state index < -0.39 is 0 Å². The minimum Gasteiger partial charge on any atom is -0.455 e. The van der Waals surface area contributed by atoms with Gasteiger partial charge in [-0.3, -0.25) is 9.97 Å². The van der Waals surface area contributed by atoms with Crippen molar-refractivity contribution in [1.29, 1.82) is 0 Å². The zero-order valence-corrected chi connectivity index (χ0v) is 10.6. The zero-order valence-electron chi connectivity index (χ0n) is 10.6. The van der Waals surface area contributed by atoms with Gasteiger partial charge < -0.3 is 10.1 Å². The molecule has 2 aromatic rings. The molecule has 0 aliphatic rings. The average Bonchev–Trinajstić information content (AvgIpc) is 2.39. The summed E-state index contributed by atoms with van der Waals surface area (Å²) in [5, 5.41) is 3.35. The fourth-order valence-electron chi connectivity index (χ4n) is 1.50. The van der Waals surface area contributed by atoms with E-state index in [9.17, 15) is 0 Å². The molecule has 0 fully saturated rings. The van der Waals surface area contributed by atoms with Crippen LogP contribution in [0.2, 0.25) is 0 Å². The Morgan fingerprint density at radius 1 is 1.17 bits per heavy atom. The molecule has 0 aromatic carbocycles. The Hall–Kier alpha value is -1.94. The van der Waals surface area contributed by atoms with Crippen LogP contribution in [-0.4, -0.2) is 16.0 Å². The summed E-state index contributed by atoms with van der Waals surface area (Å²) in [6.45, 7) is 4.96. The monoisotopic (exact) mass is 243 g/mol. The molecular formula is C14H17N3O. The van der Waals surface area contributed by atoms with Gasteiger partial charge in [0, 0.05) is 36.7 Å². The first-order chi connectivity index (χ1) is 8.75. The number of hydrogen-bond donors (Lipinski definition) is 1. The molecule has 2 heterocycles. The van der Waals surface area contributed by atoms with E-state index in [4.69, 9.17) is 4.74 Å². The van der Waals surface area contributed by atoms with Crippen molar-refractivity contribution in [3.05, 3.63) is 48.5 Å². The molecule has 0 unspecified atom stereocenters. The number of hydrogen-bond acceptors (Lipinski definition) is 4. The van der Waals surface area contributed by atoms with Crippen LogP contribution >= 0.6 is 0 Å². The minimum atomic E-state index is 0.427. The normalized spacial score (nSPS) is 10.6. The van der Waals surface area contributed by atoms with Crippen molar-refractivity contribution >= 4 is 0 Å². The van der Waals surface area contributed by atoms with Crippen LogP contribution in [0, 0.1) is 0 Å². The first-order valence-electron chi connectivity index (χ1n) is 6.00. The highest BCUT2D eigenvalue weighted by Crippen LogP contribution is 2.23. The second-order valence-corrected chi connectivity index (χ2v) is 4.31. The van der Waals surface area contributed by atoms with Gasteiger partial charge in [0.1, 0.15) is 11.5 Å². The summed E-state index contributed by atoms with van der Waals surface area (Å²) in [6.07, 6.45) is 6.96. The van der Waals surface area contributed by atoms with Crippen LogP contribution < -0.4 is 10.1 Å². The summed E-state index contributed by atoms with van der Waals surface area (Å²) in [5.41, 5.74) is 1.04. The molecule has 0 amide bonds. The third kappa shape index (κ3) is 3.53. The summed E-state index contributed by atoms with van der Waals surface area (Å²) in [6, 6.07) is 6.02. The highest BCUT2D eigenvalue weighted by molar-refractivity contribution is 5.34. The van der Waals surface area contributed by atoms with E-state index in [0.29, 0.717) is 6.04 Å². The zero-order chi connectivity index (χ0) is 12.8. The van der Waals surface area contributed by atoms with Crippen LogP contribution in [0.4, 0.5) is 0 Å². The smallest absolute Gasteiger partial charge is 0.145 e. The molecule has 2 aromatic heterocycles. The van der Waals surface area contributed by atoms with Crippen molar-refractivity contribution in [2.75, 3.05) is 0 Å². The number of aromatic nitrogens is 2. The van der Waals surface area contributed by atoms with E-state index in [1.54, 1.807) is 18.6 Å². The van der Waals surface area contributed by atoms with Crippen molar-refractivity contribution in [2.24, 2.45) is 0 Å². The summed E-state index contributed by atoms with van der Waals surface area (Å²) in [5.74, 6) is 1.54. The Labute approximate surface area is 107 Å². The summed E-state index contributed by atoms with van der Waals surface area (Å²) >= 11 is 0. The standard InChI is InChI=1S/C14H17N3O/c1-11(2)17-9-12-8-16-7-5-14(12)18-13-4-3-6-15-10-13/h3-8,10-11,17H,9H2,1-2H3. The van der Waals surface area contributed by atoms with Crippen LogP contribution in [0.15, 0.2) is 43.0 Å². The maximum absolute atomic E-state index is 5.80. The number of nitrogens with zero attached hydrogens (tertiary/aromatic N) is 2. The molecule has 0 saturated carbocycles. The molecule has 0 radical (unpaired) electrons. The highest BCUT2D eigenvalue weighted by atomic mass is 16.5. The summed E-state index contributed by atoms with van der Waals surface area (Å²) in [7, 11) is 0. The molecule has 0 aliphatic heterocycles. The predicted octanol–water partition coefficient (Wildman–Crippen LogP) is 2.77. The Morgan fingerprint density at radius 3 is 2.72 bits per heavy atom. The van der Waals surface area contributed by atoms with Crippen LogP contribution in [-0.2, 0) is 6.54 Å². The lowest BCUT2D eigenvalue weighted by Crippen LogP contribution is -2.22. The first kappa shape index (κ1) is 12.5. The molecule has 2 rings (SSSR count). The minimum absolute atomic E-state index is 0.427. The maximum Gasteiger partial charge on any atom is 0.145 e. The fourth-order valence-corrected chi connectivity index (χ4v) is 1.50. The molecule has 0 aliphatic carbocycles. The van der Waals surface area contributed by atoms with E-state index in [0.717, 1.165) is 23.6 Å². The van der Waals surface area contributed by atoms with Crippen LogP contribution in [0.3, 0.4) is 0 Å². The van der Waals surface area contributed by atoms with E-state index in [1.807, 2.05) is 24.4 Å². The van der Waals surface area contributed by atoms with E-state index in [-0.39, 0.29) is 0 Å². The molecule has 1 N–H and O–H groups in total. The van der Waals surface area contributed by atoms with E-state index in [1.165, 1.54) is 0 Å².